The molecule has 1 N–H and O–H groups in total. The van der Waals surface area contributed by atoms with Gasteiger partial charge in [0.05, 0.1) is 11.5 Å². The van der Waals surface area contributed by atoms with Gasteiger partial charge in [-0.1, -0.05) is 11.6 Å². The third kappa shape index (κ3) is 6.37. The molecule has 31 heavy (non-hydrogen) atoms. The van der Waals surface area contributed by atoms with Crippen LogP contribution in [0.2, 0.25) is 5.02 Å². The van der Waals surface area contributed by atoms with E-state index in [1.807, 2.05) is 4.90 Å². The first kappa shape index (κ1) is 22.4. The number of nitrogens with zero attached hydrogens (tertiary/aromatic N) is 3. The number of amides is 2. The first-order valence-corrected chi connectivity index (χ1v) is 9.82. The standard InChI is InChI=1S/C20H20ClFN4O5/c21-14-1-6-18(17(11-14)26(29)30)31-13-20(28)25-9-7-24(8-10-25)12-19(27)23-16-4-2-15(22)3-5-16/h1-6,11H,7-10,12-13H2,(H,23,27). The van der Waals surface area contributed by atoms with Crippen LogP contribution in [0.3, 0.4) is 0 Å². The van der Waals surface area contributed by atoms with E-state index in [2.05, 4.69) is 5.32 Å². The van der Waals surface area contributed by atoms with Crippen molar-refractivity contribution >= 4 is 34.8 Å². The Morgan fingerprint density at radius 1 is 1.13 bits per heavy atom. The molecule has 0 spiro atoms. The minimum Gasteiger partial charge on any atom is -0.477 e. The van der Waals surface area contributed by atoms with Crippen molar-refractivity contribution in [2.24, 2.45) is 0 Å². The molecule has 0 aliphatic carbocycles. The van der Waals surface area contributed by atoms with E-state index in [1.165, 1.54) is 36.4 Å². The number of carbonyl (C=O) groups is 2. The van der Waals surface area contributed by atoms with Crippen molar-refractivity contribution in [2.75, 3.05) is 44.6 Å². The normalized spacial score (nSPS) is 14.2. The van der Waals surface area contributed by atoms with E-state index in [9.17, 15) is 24.1 Å². The molecule has 1 aliphatic rings. The van der Waals surface area contributed by atoms with Crippen LogP contribution >= 0.6 is 11.6 Å². The SMILES string of the molecule is O=C(CN1CCN(C(=O)COc2ccc(Cl)cc2[N+](=O)[O-])CC1)Nc1ccc(F)cc1. The van der Waals surface area contributed by atoms with Crippen LogP contribution in [0.4, 0.5) is 15.8 Å². The molecule has 0 unspecified atom stereocenters. The molecule has 1 aliphatic heterocycles. The Balaban J connectivity index is 1.44. The topological polar surface area (TPSA) is 105 Å². The molecule has 2 aromatic rings. The molecule has 0 aromatic heterocycles. The third-order valence-electron chi connectivity index (χ3n) is 4.69. The van der Waals surface area contributed by atoms with Crippen molar-refractivity contribution in [3.63, 3.8) is 0 Å². The van der Waals surface area contributed by atoms with Crippen LogP contribution in [0.15, 0.2) is 42.5 Å². The number of nitro benzene ring substituents is 1. The Labute approximate surface area is 182 Å². The van der Waals surface area contributed by atoms with E-state index in [4.69, 9.17) is 16.3 Å². The number of rotatable bonds is 7. The lowest BCUT2D eigenvalue weighted by atomic mass is 10.3. The quantitative estimate of drug-likeness (QED) is 0.513. The fourth-order valence-electron chi connectivity index (χ4n) is 3.08. The van der Waals surface area contributed by atoms with Gasteiger partial charge in [0, 0.05) is 43.0 Å². The molecule has 9 nitrogen and oxygen atoms in total. The van der Waals surface area contributed by atoms with Gasteiger partial charge in [-0.3, -0.25) is 24.6 Å². The van der Waals surface area contributed by atoms with Gasteiger partial charge in [0.25, 0.3) is 5.91 Å². The largest absolute Gasteiger partial charge is 0.477 e. The smallest absolute Gasteiger partial charge is 0.312 e. The maximum absolute atomic E-state index is 12.9. The van der Waals surface area contributed by atoms with E-state index in [-0.39, 0.29) is 47.2 Å². The molecule has 2 amide bonds. The van der Waals surface area contributed by atoms with E-state index < -0.39 is 4.92 Å². The van der Waals surface area contributed by atoms with Crippen molar-refractivity contribution in [3.05, 3.63) is 63.4 Å². The molecule has 0 saturated carbocycles. The zero-order valence-corrected chi connectivity index (χ0v) is 17.2. The molecular formula is C20H20ClFN4O5. The number of nitro groups is 1. The predicted molar refractivity (Wildman–Crippen MR) is 112 cm³/mol. The van der Waals surface area contributed by atoms with Crippen LogP contribution in [0.5, 0.6) is 5.75 Å². The summed E-state index contributed by atoms with van der Waals surface area (Å²) in [4.78, 5) is 38.5. The van der Waals surface area contributed by atoms with E-state index in [0.717, 1.165) is 6.07 Å². The molecule has 1 fully saturated rings. The Morgan fingerprint density at radius 3 is 2.45 bits per heavy atom. The number of ether oxygens (including phenoxy) is 1. The second-order valence-corrected chi connectivity index (χ2v) is 7.31. The zero-order chi connectivity index (χ0) is 22.4. The molecule has 3 rings (SSSR count). The summed E-state index contributed by atoms with van der Waals surface area (Å²) in [6.45, 7) is 1.58. The van der Waals surface area contributed by atoms with E-state index in [0.29, 0.717) is 31.9 Å². The Kier molecular flexibility index (Phi) is 7.37. The van der Waals surface area contributed by atoms with Crippen LogP contribution in [-0.4, -0.2) is 65.9 Å². The number of piperazine rings is 1. The van der Waals surface area contributed by atoms with Gasteiger partial charge in [0.1, 0.15) is 5.82 Å². The number of nitrogens with one attached hydrogen (secondary N) is 1. The van der Waals surface area contributed by atoms with Crippen LogP contribution < -0.4 is 10.1 Å². The van der Waals surface area contributed by atoms with E-state index in [1.54, 1.807) is 4.90 Å². The van der Waals surface area contributed by atoms with Gasteiger partial charge in [0.15, 0.2) is 12.4 Å². The average Bonchev–Trinajstić information content (AvgIpc) is 2.74. The monoisotopic (exact) mass is 450 g/mol. The van der Waals surface area contributed by atoms with Crippen molar-refractivity contribution < 1.29 is 23.6 Å². The maximum atomic E-state index is 12.9. The Hall–Kier alpha value is -3.24. The van der Waals surface area contributed by atoms with Gasteiger partial charge >= 0.3 is 5.69 Å². The summed E-state index contributed by atoms with van der Waals surface area (Å²) in [6.07, 6.45) is 0. The minimum absolute atomic E-state index is 0.0288. The summed E-state index contributed by atoms with van der Waals surface area (Å²) in [5.41, 5.74) is 0.200. The van der Waals surface area contributed by atoms with Gasteiger partial charge in [-0.25, -0.2) is 4.39 Å². The highest BCUT2D eigenvalue weighted by molar-refractivity contribution is 6.30. The number of benzene rings is 2. The Morgan fingerprint density at radius 2 is 1.81 bits per heavy atom. The maximum Gasteiger partial charge on any atom is 0.312 e. The van der Waals surface area contributed by atoms with Gasteiger partial charge in [-0.15, -0.1) is 0 Å². The molecule has 164 valence electrons. The van der Waals surface area contributed by atoms with Crippen LogP contribution in [0.1, 0.15) is 0 Å². The van der Waals surface area contributed by atoms with Gasteiger partial charge in [-0.05, 0) is 36.4 Å². The van der Waals surface area contributed by atoms with Crippen molar-refractivity contribution in [1.82, 2.24) is 9.80 Å². The summed E-state index contributed by atoms with van der Waals surface area (Å²) in [7, 11) is 0. The first-order valence-electron chi connectivity index (χ1n) is 9.44. The summed E-state index contributed by atoms with van der Waals surface area (Å²) in [6, 6.07) is 9.46. The summed E-state index contributed by atoms with van der Waals surface area (Å²) in [5, 5.41) is 14.0. The number of hydrogen-bond acceptors (Lipinski definition) is 6. The number of hydrogen-bond donors (Lipinski definition) is 1. The Bertz CT molecular complexity index is 965. The number of carbonyl (C=O) groups excluding carboxylic acids is 2. The molecule has 11 heteroatoms. The van der Waals surface area contributed by atoms with Gasteiger partial charge in [-0.2, -0.15) is 0 Å². The second-order valence-electron chi connectivity index (χ2n) is 6.87. The molecule has 1 heterocycles. The summed E-state index contributed by atoms with van der Waals surface area (Å²) in [5.74, 6) is -0.947. The fraction of sp³-hybridized carbons (Fsp3) is 0.300. The lowest BCUT2D eigenvalue weighted by Gasteiger charge is -2.34. The molecule has 2 aromatic carbocycles. The highest BCUT2D eigenvalue weighted by atomic mass is 35.5. The highest BCUT2D eigenvalue weighted by Crippen LogP contribution is 2.29. The lowest BCUT2D eigenvalue weighted by molar-refractivity contribution is -0.385. The van der Waals surface area contributed by atoms with Gasteiger partial charge < -0.3 is 15.0 Å². The summed E-state index contributed by atoms with van der Waals surface area (Å²) >= 11 is 5.76. The fourth-order valence-corrected chi connectivity index (χ4v) is 3.24. The zero-order valence-electron chi connectivity index (χ0n) is 16.4. The van der Waals surface area contributed by atoms with Crippen molar-refractivity contribution in [2.45, 2.75) is 0 Å². The van der Waals surface area contributed by atoms with Crippen LogP contribution in [0.25, 0.3) is 0 Å². The molecule has 0 bridgehead atoms. The van der Waals surface area contributed by atoms with Crippen molar-refractivity contribution in [3.8, 4) is 5.75 Å². The van der Waals surface area contributed by atoms with E-state index >= 15 is 0 Å². The molecule has 0 atom stereocenters. The molecular weight excluding hydrogens is 431 g/mol. The number of halogens is 2. The van der Waals surface area contributed by atoms with Crippen LogP contribution in [0, 0.1) is 15.9 Å². The first-order chi connectivity index (χ1) is 14.8. The average molecular weight is 451 g/mol. The highest BCUT2D eigenvalue weighted by Gasteiger charge is 2.24. The van der Waals surface area contributed by atoms with Crippen LogP contribution in [-0.2, 0) is 9.59 Å². The number of anilines is 1. The second kappa shape index (κ2) is 10.2. The predicted octanol–water partition coefficient (Wildman–Crippen LogP) is 2.55. The van der Waals surface area contributed by atoms with Gasteiger partial charge in [0.2, 0.25) is 5.91 Å². The van der Waals surface area contributed by atoms with Crippen molar-refractivity contribution in [1.29, 1.82) is 0 Å². The minimum atomic E-state index is -0.624. The summed E-state index contributed by atoms with van der Waals surface area (Å²) < 4.78 is 18.3. The lowest BCUT2D eigenvalue weighted by Crippen LogP contribution is -2.51. The third-order valence-corrected chi connectivity index (χ3v) is 4.92. The molecule has 1 saturated heterocycles. The molecule has 0 radical (unpaired) electrons.